The van der Waals surface area contributed by atoms with E-state index in [0.717, 1.165) is 4.57 Å². The van der Waals surface area contributed by atoms with Crippen molar-refractivity contribution in [1.29, 1.82) is 5.26 Å². The number of rotatable bonds is 1. The maximum atomic E-state index is 8.49. The standard InChI is InChI=1S/C6H5N3Se/c7-3-5(4-8)6-9-1-2-10-6/h1-3H,7H2. The van der Waals surface area contributed by atoms with E-state index in [1.54, 1.807) is 6.20 Å². The van der Waals surface area contributed by atoms with Crippen molar-refractivity contribution < 1.29 is 0 Å². The topological polar surface area (TPSA) is 62.7 Å². The molecule has 0 atom stereocenters. The molecule has 0 amide bonds. The van der Waals surface area contributed by atoms with E-state index in [2.05, 4.69) is 4.98 Å². The Labute approximate surface area is 64.5 Å². The fraction of sp³-hybridized carbons (Fsp3) is 0. The van der Waals surface area contributed by atoms with Crippen LogP contribution in [-0.2, 0) is 0 Å². The van der Waals surface area contributed by atoms with Crippen molar-refractivity contribution in [3.8, 4) is 6.07 Å². The molecule has 0 fully saturated rings. The van der Waals surface area contributed by atoms with Gasteiger partial charge in [-0.2, -0.15) is 0 Å². The monoisotopic (exact) mass is 199 g/mol. The van der Waals surface area contributed by atoms with E-state index >= 15 is 0 Å². The third-order valence-electron chi connectivity index (χ3n) is 0.950. The van der Waals surface area contributed by atoms with E-state index in [9.17, 15) is 0 Å². The molecule has 0 aliphatic carbocycles. The summed E-state index contributed by atoms with van der Waals surface area (Å²) in [7, 11) is 0. The Kier molecular flexibility index (Phi) is 2.27. The van der Waals surface area contributed by atoms with Crippen LogP contribution in [0.3, 0.4) is 0 Å². The number of allylic oxidation sites excluding steroid dienone is 1. The van der Waals surface area contributed by atoms with Crippen molar-refractivity contribution in [2.45, 2.75) is 0 Å². The van der Waals surface area contributed by atoms with E-state index in [1.807, 2.05) is 11.0 Å². The summed E-state index contributed by atoms with van der Waals surface area (Å²) in [6.07, 6.45) is 3.00. The van der Waals surface area contributed by atoms with Crippen molar-refractivity contribution in [2.24, 2.45) is 5.73 Å². The van der Waals surface area contributed by atoms with E-state index in [4.69, 9.17) is 11.0 Å². The van der Waals surface area contributed by atoms with Gasteiger partial charge in [0.05, 0.1) is 0 Å². The van der Waals surface area contributed by atoms with Gasteiger partial charge in [0.15, 0.2) is 0 Å². The molecular formula is C6H5N3Se. The molecular weight excluding hydrogens is 193 g/mol. The molecule has 1 heterocycles. The van der Waals surface area contributed by atoms with Crippen LogP contribution in [0.5, 0.6) is 0 Å². The average molecular weight is 198 g/mol. The second kappa shape index (κ2) is 3.21. The Morgan fingerprint density at radius 1 is 1.90 bits per heavy atom. The number of hydrogen-bond acceptors (Lipinski definition) is 3. The molecule has 0 aliphatic heterocycles. The summed E-state index contributed by atoms with van der Waals surface area (Å²) >= 11 is 0.209. The molecule has 1 aromatic heterocycles. The zero-order valence-electron chi connectivity index (χ0n) is 5.11. The number of nitrogens with zero attached hydrogens (tertiary/aromatic N) is 2. The van der Waals surface area contributed by atoms with Crippen LogP contribution in [0.1, 0.15) is 4.57 Å². The van der Waals surface area contributed by atoms with E-state index in [-0.39, 0.29) is 14.5 Å². The summed E-state index contributed by atoms with van der Waals surface area (Å²) in [5.41, 5.74) is 5.67. The van der Waals surface area contributed by atoms with Crippen LogP contribution < -0.4 is 5.73 Å². The third kappa shape index (κ3) is 1.27. The molecule has 0 saturated heterocycles. The number of aromatic nitrogens is 1. The van der Waals surface area contributed by atoms with E-state index in [0.29, 0.717) is 5.57 Å². The summed E-state index contributed by atoms with van der Waals surface area (Å²) in [4.78, 5) is 5.92. The van der Waals surface area contributed by atoms with Gasteiger partial charge in [0, 0.05) is 0 Å². The summed E-state index contributed by atoms with van der Waals surface area (Å²) < 4.78 is 0.817. The van der Waals surface area contributed by atoms with Crippen LogP contribution in [0, 0.1) is 11.3 Å². The van der Waals surface area contributed by atoms with Gasteiger partial charge in [-0.05, 0) is 0 Å². The van der Waals surface area contributed by atoms with Crippen LogP contribution in [0.25, 0.3) is 5.57 Å². The molecule has 0 aliphatic rings. The van der Waals surface area contributed by atoms with Gasteiger partial charge in [-0.3, -0.25) is 0 Å². The zero-order chi connectivity index (χ0) is 7.40. The van der Waals surface area contributed by atoms with E-state index < -0.39 is 0 Å². The third-order valence-corrected chi connectivity index (χ3v) is 2.64. The first-order valence-electron chi connectivity index (χ1n) is 2.60. The van der Waals surface area contributed by atoms with Crippen molar-refractivity contribution in [2.75, 3.05) is 0 Å². The van der Waals surface area contributed by atoms with Crippen LogP contribution >= 0.6 is 0 Å². The van der Waals surface area contributed by atoms with Gasteiger partial charge in [0.1, 0.15) is 0 Å². The van der Waals surface area contributed by atoms with Crippen molar-refractivity contribution in [3.63, 3.8) is 0 Å². The van der Waals surface area contributed by atoms with Crippen molar-refractivity contribution >= 4 is 20.1 Å². The maximum absolute atomic E-state index is 8.49. The van der Waals surface area contributed by atoms with Crippen LogP contribution in [0.4, 0.5) is 0 Å². The molecule has 50 valence electrons. The number of nitriles is 1. The molecule has 1 rings (SSSR count). The minimum atomic E-state index is 0.209. The van der Waals surface area contributed by atoms with Gasteiger partial charge >= 0.3 is 64.0 Å². The van der Waals surface area contributed by atoms with Crippen LogP contribution in [-0.4, -0.2) is 19.5 Å². The quantitative estimate of drug-likeness (QED) is 0.508. The molecule has 0 bridgehead atoms. The molecule has 3 nitrogen and oxygen atoms in total. The first-order valence-corrected chi connectivity index (χ1v) is 4.45. The molecule has 0 saturated carbocycles. The first kappa shape index (κ1) is 7.07. The van der Waals surface area contributed by atoms with Gasteiger partial charge in [0.25, 0.3) is 0 Å². The molecule has 2 N–H and O–H groups in total. The Morgan fingerprint density at radius 2 is 2.70 bits per heavy atom. The predicted octanol–water partition coefficient (Wildman–Crippen LogP) is -0.0382. The second-order valence-electron chi connectivity index (χ2n) is 1.53. The van der Waals surface area contributed by atoms with E-state index in [1.165, 1.54) is 6.20 Å². The molecule has 1 aromatic rings. The van der Waals surface area contributed by atoms with Crippen LogP contribution in [0.2, 0.25) is 0 Å². The second-order valence-corrected chi connectivity index (χ2v) is 3.41. The zero-order valence-corrected chi connectivity index (χ0v) is 6.83. The van der Waals surface area contributed by atoms with Crippen LogP contribution in [0.15, 0.2) is 17.3 Å². The van der Waals surface area contributed by atoms with Gasteiger partial charge in [-0.15, -0.1) is 0 Å². The molecule has 0 radical (unpaired) electrons. The van der Waals surface area contributed by atoms with Crippen molar-refractivity contribution in [1.82, 2.24) is 4.98 Å². The average Bonchev–Trinajstić information content (AvgIpc) is 2.43. The summed E-state index contributed by atoms with van der Waals surface area (Å²) in [6.45, 7) is 0. The Balaban J connectivity index is 2.99. The molecule has 4 heteroatoms. The fourth-order valence-electron chi connectivity index (χ4n) is 0.513. The number of nitrogens with two attached hydrogens (primary N) is 1. The first-order chi connectivity index (χ1) is 4.88. The number of hydrogen-bond donors (Lipinski definition) is 1. The SMILES string of the molecule is N#CC(=CN)c1ncc[se]1. The van der Waals surface area contributed by atoms with Crippen molar-refractivity contribution in [3.05, 3.63) is 21.9 Å². The predicted molar refractivity (Wildman–Crippen MR) is 39.0 cm³/mol. The van der Waals surface area contributed by atoms with Gasteiger partial charge in [0.2, 0.25) is 0 Å². The Hall–Kier alpha value is -1.04. The Morgan fingerprint density at radius 3 is 3.10 bits per heavy atom. The van der Waals surface area contributed by atoms with Gasteiger partial charge < -0.3 is 0 Å². The van der Waals surface area contributed by atoms with Gasteiger partial charge in [-0.1, -0.05) is 0 Å². The Bertz CT molecular complexity index is 268. The minimum absolute atomic E-state index is 0.209. The molecule has 10 heavy (non-hydrogen) atoms. The molecule has 0 spiro atoms. The molecule has 0 aromatic carbocycles. The summed E-state index contributed by atoms with van der Waals surface area (Å²) in [6, 6.07) is 1.97. The van der Waals surface area contributed by atoms with Gasteiger partial charge in [-0.25, -0.2) is 0 Å². The fourth-order valence-corrected chi connectivity index (χ4v) is 1.80. The molecule has 0 unspecified atom stereocenters. The normalized spacial score (nSPS) is 10.9. The summed E-state index contributed by atoms with van der Waals surface area (Å²) in [5, 5.41) is 8.49. The summed E-state index contributed by atoms with van der Waals surface area (Å²) in [5.74, 6) is 0.